The Morgan fingerprint density at radius 3 is 2.88 bits per heavy atom. The standard InChI is InChI=1S/C18H25BrClNO3/c19-15-5-6-17(16(20)13-15)24-10-2-4-18(22)21-9-1-3-14-7-11-23-12-8-14/h5-6,13-14H,1-4,7-12H2,(H,21,22). The average Bonchev–Trinajstić information content (AvgIpc) is 2.58. The zero-order valence-electron chi connectivity index (χ0n) is 13.9. The molecule has 0 radical (unpaired) electrons. The predicted molar refractivity (Wildman–Crippen MR) is 99.7 cm³/mol. The smallest absolute Gasteiger partial charge is 0.220 e. The Kier molecular flexibility index (Phi) is 8.92. The van der Waals surface area contributed by atoms with Crippen LogP contribution in [0, 0.1) is 5.92 Å². The molecule has 0 spiro atoms. The lowest BCUT2D eigenvalue weighted by Gasteiger charge is -2.21. The highest BCUT2D eigenvalue weighted by molar-refractivity contribution is 9.10. The molecule has 0 aliphatic carbocycles. The highest BCUT2D eigenvalue weighted by Gasteiger charge is 2.13. The van der Waals surface area contributed by atoms with Crippen LogP contribution in [0.2, 0.25) is 5.02 Å². The Balaban J connectivity index is 1.50. The fourth-order valence-electron chi connectivity index (χ4n) is 2.75. The molecular formula is C18H25BrClNO3. The summed E-state index contributed by atoms with van der Waals surface area (Å²) in [5.41, 5.74) is 0. The molecule has 1 heterocycles. The lowest BCUT2D eigenvalue weighted by Crippen LogP contribution is -2.25. The monoisotopic (exact) mass is 417 g/mol. The number of amides is 1. The van der Waals surface area contributed by atoms with Crippen molar-refractivity contribution >= 4 is 33.4 Å². The van der Waals surface area contributed by atoms with Crippen molar-refractivity contribution in [1.29, 1.82) is 0 Å². The van der Waals surface area contributed by atoms with Gasteiger partial charge in [-0.05, 0) is 56.2 Å². The van der Waals surface area contributed by atoms with Crippen LogP contribution >= 0.6 is 27.5 Å². The molecule has 0 bridgehead atoms. The summed E-state index contributed by atoms with van der Waals surface area (Å²) in [6.07, 6.45) is 5.69. The van der Waals surface area contributed by atoms with E-state index in [1.807, 2.05) is 12.1 Å². The van der Waals surface area contributed by atoms with Gasteiger partial charge in [-0.25, -0.2) is 0 Å². The zero-order chi connectivity index (χ0) is 17.2. The van der Waals surface area contributed by atoms with E-state index in [0.29, 0.717) is 30.2 Å². The van der Waals surface area contributed by atoms with E-state index in [-0.39, 0.29) is 5.91 Å². The molecule has 1 aliphatic rings. The van der Waals surface area contributed by atoms with Crippen molar-refractivity contribution in [2.75, 3.05) is 26.4 Å². The second-order valence-corrected chi connectivity index (χ2v) is 7.40. The molecule has 2 rings (SSSR count). The number of carbonyl (C=O) groups excluding carboxylic acids is 1. The zero-order valence-corrected chi connectivity index (χ0v) is 16.2. The van der Waals surface area contributed by atoms with Gasteiger partial charge < -0.3 is 14.8 Å². The van der Waals surface area contributed by atoms with Crippen LogP contribution in [0.5, 0.6) is 5.75 Å². The van der Waals surface area contributed by atoms with Crippen LogP contribution < -0.4 is 10.1 Å². The van der Waals surface area contributed by atoms with Gasteiger partial charge in [0.15, 0.2) is 0 Å². The Labute approximate surface area is 157 Å². The van der Waals surface area contributed by atoms with Crippen LogP contribution in [-0.4, -0.2) is 32.3 Å². The Morgan fingerprint density at radius 1 is 1.33 bits per heavy atom. The van der Waals surface area contributed by atoms with Gasteiger partial charge in [0, 0.05) is 30.7 Å². The normalized spacial score (nSPS) is 15.2. The van der Waals surface area contributed by atoms with E-state index in [2.05, 4.69) is 21.2 Å². The summed E-state index contributed by atoms with van der Waals surface area (Å²) >= 11 is 9.43. The molecule has 0 saturated carbocycles. The first-order chi connectivity index (χ1) is 11.6. The van der Waals surface area contributed by atoms with Crippen LogP contribution in [0.15, 0.2) is 22.7 Å². The molecule has 24 heavy (non-hydrogen) atoms. The maximum absolute atomic E-state index is 11.8. The van der Waals surface area contributed by atoms with E-state index < -0.39 is 0 Å². The molecule has 0 aromatic heterocycles. The molecule has 1 aromatic carbocycles. The molecule has 0 atom stereocenters. The summed E-state index contributed by atoms with van der Waals surface area (Å²) in [7, 11) is 0. The molecule has 1 aliphatic heterocycles. The fourth-order valence-corrected chi connectivity index (χ4v) is 3.48. The largest absolute Gasteiger partial charge is 0.492 e. The maximum Gasteiger partial charge on any atom is 0.220 e. The fraction of sp³-hybridized carbons (Fsp3) is 0.611. The second kappa shape index (κ2) is 11.0. The van der Waals surface area contributed by atoms with Crippen molar-refractivity contribution in [3.8, 4) is 5.75 Å². The van der Waals surface area contributed by atoms with Gasteiger partial charge in [-0.1, -0.05) is 27.5 Å². The Morgan fingerprint density at radius 2 is 2.12 bits per heavy atom. The Bertz CT molecular complexity index is 521. The molecule has 134 valence electrons. The third-order valence-electron chi connectivity index (χ3n) is 4.15. The minimum atomic E-state index is 0.0903. The third kappa shape index (κ3) is 7.41. The minimum absolute atomic E-state index is 0.0903. The summed E-state index contributed by atoms with van der Waals surface area (Å²) in [6.45, 7) is 3.02. The van der Waals surface area contributed by atoms with Crippen molar-refractivity contribution in [2.24, 2.45) is 5.92 Å². The Hall–Kier alpha value is -0.780. The van der Waals surface area contributed by atoms with Crippen LogP contribution in [0.1, 0.15) is 38.5 Å². The topological polar surface area (TPSA) is 47.6 Å². The van der Waals surface area contributed by atoms with Gasteiger partial charge in [0.25, 0.3) is 0 Å². The van der Waals surface area contributed by atoms with Gasteiger partial charge in [-0.2, -0.15) is 0 Å². The van der Waals surface area contributed by atoms with Gasteiger partial charge in [0.2, 0.25) is 5.91 Å². The van der Waals surface area contributed by atoms with E-state index in [9.17, 15) is 4.79 Å². The van der Waals surface area contributed by atoms with Crippen LogP contribution in [-0.2, 0) is 9.53 Å². The van der Waals surface area contributed by atoms with Crippen molar-refractivity contribution < 1.29 is 14.3 Å². The molecular weight excluding hydrogens is 394 g/mol. The van der Waals surface area contributed by atoms with E-state index in [4.69, 9.17) is 21.1 Å². The highest BCUT2D eigenvalue weighted by atomic mass is 79.9. The van der Waals surface area contributed by atoms with Crippen molar-refractivity contribution in [3.63, 3.8) is 0 Å². The van der Waals surface area contributed by atoms with Crippen molar-refractivity contribution in [2.45, 2.75) is 38.5 Å². The summed E-state index contributed by atoms with van der Waals surface area (Å²) in [5.74, 6) is 1.50. The lowest BCUT2D eigenvalue weighted by atomic mass is 9.95. The van der Waals surface area contributed by atoms with Crippen molar-refractivity contribution in [3.05, 3.63) is 27.7 Å². The molecule has 1 fully saturated rings. The van der Waals surface area contributed by atoms with E-state index in [1.165, 1.54) is 6.42 Å². The van der Waals surface area contributed by atoms with Gasteiger partial charge in [0.1, 0.15) is 5.75 Å². The van der Waals surface area contributed by atoms with Gasteiger partial charge >= 0.3 is 0 Å². The summed E-state index contributed by atoms with van der Waals surface area (Å²) < 4.78 is 11.9. The number of hydrogen-bond acceptors (Lipinski definition) is 3. The van der Waals surface area contributed by atoms with Crippen LogP contribution in [0.4, 0.5) is 0 Å². The summed E-state index contributed by atoms with van der Waals surface area (Å²) in [6, 6.07) is 5.50. The molecule has 1 aromatic rings. The maximum atomic E-state index is 11.8. The van der Waals surface area contributed by atoms with E-state index in [0.717, 1.165) is 49.4 Å². The molecule has 0 unspecified atom stereocenters. The number of carbonyl (C=O) groups is 1. The average molecular weight is 419 g/mol. The third-order valence-corrected chi connectivity index (χ3v) is 4.94. The first kappa shape index (κ1) is 19.5. The molecule has 6 heteroatoms. The first-order valence-electron chi connectivity index (χ1n) is 8.57. The summed E-state index contributed by atoms with van der Waals surface area (Å²) in [4.78, 5) is 11.8. The van der Waals surface area contributed by atoms with Gasteiger partial charge in [0.05, 0.1) is 11.6 Å². The minimum Gasteiger partial charge on any atom is -0.492 e. The number of rotatable bonds is 9. The van der Waals surface area contributed by atoms with Crippen molar-refractivity contribution in [1.82, 2.24) is 5.32 Å². The van der Waals surface area contributed by atoms with Gasteiger partial charge in [-0.15, -0.1) is 0 Å². The molecule has 1 saturated heterocycles. The molecule has 1 N–H and O–H groups in total. The van der Waals surface area contributed by atoms with Gasteiger partial charge in [-0.3, -0.25) is 4.79 Å². The second-order valence-electron chi connectivity index (χ2n) is 6.07. The van der Waals surface area contributed by atoms with Crippen LogP contribution in [0.25, 0.3) is 0 Å². The highest BCUT2D eigenvalue weighted by Crippen LogP contribution is 2.27. The first-order valence-corrected chi connectivity index (χ1v) is 9.74. The number of hydrogen-bond donors (Lipinski definition) is 1. The lowest BCUT2D eigenvalue weighted by molar-refractivity contribution is -0.121. The predicted octanol–water partition coefficient (Wildman–Crippen LogP) is 4.58. The van der Waals surface area contributed by atoms with E-state index in [1.54, 1.807) is 6.07 Å². The molecule has 4 nitrogen and oxygen atoms in total. The SMILES string of the molecule is O=C(CCCOc1ccc(Br)cc1Cl)NCCCC1CCOCC1. The van der Waals surface area contributed by atoms with E-state index >= 15 is 0 Å². The van der Waals surface area contributed by atoms with Crippen LogP contribution in [0.3, 0.4) is 0 Å². The number of halogens is 2. The number of ether oxygens (including phenoxy) is 2. The summed E-state index contributed by atoms with van der Waals surface area (Å²) in [5, 5.41) is 3.55. The molecule has 1 amide bonds. The number of nitrogens with one attached hydrogen (secondary N) is 1. The number of benzene rings is 1. The quantitative estimate of drug-likeness (QED) is 0.597.